The molecule has 2 fully saturated rings. The number of carbonyl (C=O) groups excluding carboxylic acids is 1. The molecule has 0 aromatic carbocycles. The van der Waals surface area contributed by atoms with Crippen molar-refractivity contribution in [2.24, 2.45) is 5.92 Å². The second kappa shape index (κ2) is 5.68. The maximum Gasteiger partial charge on any atom is 0.267 e. The summed E-state index contributed by atoms with van der Waals surface area (Å²) in [6.45, 7) is 1.18. The van der Waals surface area contributed by atoms with Crippen LogP contribution < -0.4 is 5.56 Å². The summed E-state index contributed by atoms with van der Waals surface area (Å²) in [6, 6.07) is 5.50. The Labute approximate surface area is 123 Å². The minimum absolute atomic E-state index is 0.00336. The molecule has 110 valence electrons. The lowest BCUT2D eigenvalue weighted by Crippen LogP contribution is -2.41. The third-order valence-corrected chi connectivity index (χ3v) is 4.20. The highest BCUT2D eigenvalue weighted by molar-refractivity contribution is 5.76. The van der Waals surface area contributed by atoms with Crippen LogP contribution in [0.1, 0.15) is 37.3 Å². The Morgan fingerprint density at radius 2 is 2.00 bits per heavy atom. The van der Waals surface area contributed by atoms with Gasteiger partial charge in [0.15, 0.2) is 0 Å². The second-order valence-corrected chi connectivity index (χ2v) is 5.81. The van der Waals surface area contributed by atoms with Crippen molar-refractivity contribution >= 4 is 5.91 Å². The fourth-order valence-corrected chi connectivity index (χ4v) is 2.66. The molecule has 6 heteroatoms. The summed E-state index contributed by atoms with van der Waals surface area (Å²) in [5.74, 6) is 0.417. The van der Waals surface area contributed by atoms with Crippen LogP contribution in [0.15, 0.2) is 16.9 Å². The minimum Gasteiger partial charge on any atom is -0.341 e. The number of rotatable bonds is 3. The average molecular weight is 286 g/mol. The Bertz CT molecular complexity index is 634. The highest BCUT2D eigenvalue weighted by Gasteiger charge is 2.26. The molecule has 21 heavy (non-hydrogen) atoms. The molecular formula is C15H18N4O2. The average Bonchev–Trinajstić information content (AvgIpc) is 3.34. The molecule has 6 nitrogen and oxygen atoms in total. The smallest absolute Gasteiger partial charge is 0.267 e. The van der Waals surface area contributed by atoms with E-state index in [0.717, 1.165) is 18.5 Å². The van der Waals surface area contributed by atoms with Gasteiger partial charge in [-0.3, -0.25) is 9.59 Å². The van der Waals surface area contributed by atoms with E-state index >= 15 is 0 Å². The largest absolute Gasteiger partial charge is 0.341 e. The first-order valence-corrected chi connectivity index (χ1v) is 7.43. The standard InChI is InChI=1S/C15H18N4O2/c16-9-11-5-7-18(8-6-11)15(21)10-19-14(20)4-3-13(17-19)12-1-2-12/h3-4,11-12H,1-2,5-8,10H2. The zero-order valence-corrected chi connectivity index (χ0v) is 11.9. The van der Waals surface area contributed by atoms with Gasteiger partial charge in [-0.25, -0.2) is 4.68 Å². The molecule has 1 aromatic heterocycles. The molecule has 1 aliphatic carbocycles. The zero-order valence-electron chi connectivity index (χ0n) is 11.9. The van der Waals surface area contributed by atoms with Gasteiger partial charge >= 0.3 is 0 Å². The minimum atomic E-state index is -0.236. The van der Waals surface area contributed by atoms with Gasteiger partial charge in [-0.2, -0.15) is 10.4 Å². The Hall–Kier alpha value is -2.16. The number of nitrogens with zero attached hydrogens (tertiary/aromatic N) is 4. The van der Waals surface area contributed by atoms with Gasteiger partial charge in [-0.1, -0.05) is 0 Å². The number of amides is 1. The van der Waals surface area contributed by atoms with Crippen molar-refractivity contribution in [3.8, 4) is 6.07 Å². The van der Waals surface area contributed by atoms with Gasteiger partial charge in [0.05, 0.1) is 11.8 Å². The molecule has 2 heterocycles. The van der Waals surface area contributed by atoms with Crippen LogP contribution in [0, 0.1) is 17.2 Å². The molecule has 3 rings (SSSR count). The Balaban J connectivity index is 1.66. The summed E-state index contributed by atoms with van der Waals surface area (Å²) in [5, 5.41) is 13.2. The van der Waals surface area contributed by atoms with E-state index in [2.05, 4.69) is 11.2 Å². The molecule has 0 unspecified atom stereocenters. The van der Waals surface area contributed by atoms with Gasteiger partial charge in [0.25, 0.3) is 5.56 Å². The third kappa shape index (κ3) is 3.13. The van der Waals surface area contributed by atoms with Crippen LogP contribution in [0.4, 0.5) is 0 Å². The van der Waals surface area contributed by atoms with E-state index in [0.29, 0.717) is 31.8 Å². The van der Waals surface area contributed by atoms with Crippen molar-refractivity contribution in [3.05, 3.63) is 28.2 Å². The maximum absolute atomic E-state index is 12.3. The van der Waals surface area contributed by atoms with Crippen molar-refractivity contribution in [1.29, 1.82) is 5.26 Å². The quantitative estimate of drug-likeness (QED) is 0.826. The van der Waals surface area contributed by atoms with E-state index in [4.69, 9.17) is 5.26 Å². The van der Waals surface area contributed by atoms with Crippen LogP contribution in [0.25, 0.3) is 0 Å². The molecule has 1 aromatic rings. The summed E-state index contributed by atoms with van der Waals surface area (Å²) < 4.78 is 1.27. The molecule has 0 radical (unpaired) electrons. The first-order chi connectivity index (χ1) is 10.2. The summed E-state index contributed by atoms with van der Waals surface area (Å²) in [7, 11) is 0. The molecule has 0 spiro atoms. The monoisotopic (exact) mass is 286 g/mol. The van der Waals surface area contributed by atoms with Gasteiger partial charge in [0, 0.05) is 31.0 Å². The maximum atomic E-state index is 12.3. The van der Waals surface area contributed by atoms with Gasteiger partial charge in [-0.05, 0) is 31.7 Å². The topological polar surface area (TPSA) is 79.0 Å². The Kier molecular flexibility index (Phi) is 3.74. The Morgan fingerprint density at radius 1 is 1.29 bits per heavy atom. The SMILES string of the molecule is N#CC1CCN(C(=O)Cn2nc(C3CC3)ccc2=O)CC1. The fourth-order valence-electron chi connectivity index (χ4n) is 2.66. The van der Waals surface area contributed by atoms with E-state index in [9.17, 15) is 9.59 Å². The van der Waals surface area contributed by atoms with Gasteiger partial charge < -0.3 is 4.90 Å². The number of likely N-dealkylation sites (tertiary alicyclic amines) is 1. The molecule has 1 saturated heterocycles. The summed E-state index contributed by atoms with van der Waals surface area (Å²) in [6.07, 6.45) is 3.65. The first kappa shape index (κ1) is 13.8. The van der Waals surface area contributed by atoms with E-state index in [1.54, 1.807) is 11.0 Å². The molecule has 1 amide bonds. The predicted octanol–water partition coefficient (Wildman–Crippen LogP) is 0.883. The normalized spacial score (nSPS) is 19.3. The van der Waals surface area contributed by atoms with Crippen molar-refractivity contribution in [3.63, 3.8) is 0 Å². The van der Waals surface area contributed by atoms with Gasteiger partial charge in [0.2, 0.25) is 5.91 Å². The van der Waals surface area contributed by atoms with Crippen molar-refractivity contribution in [2.45, 2.75) is 38.1 Å². The highest BCUT2D eigenvalue weighted by atomic mass is 16.2. The van der Waals surface area contributed by atoms with E-state index in [1.807, 2.05) is 0 Å². The molecule has 2 aliphatic rings. The van der Waals surface area contributed by atoms with Crippen LogP contribution in [-0.4, -0.2) is 33.7 Å². The summed E-state index contributed by atoms with van der Waals surface area (Å²) in [5.41, 5.74) is 0.672. The van der Waals surface area contributed by atoms with E-state index < -0.39 is 0 Å². The number of aromatic nitrogens is 2. The molecule has 0 N–H and O–H groups in total. The number of piperidine rings is 1. The number of hydrogen-bond acceptors (Lipinski definition) is 4. The molecule has 1 aliphatic heterocycles. The molecule has 1 saturated carbocycles. The number of hydrogen-bond donors (Lipinski definition) is 0. The summed E-state index contributed by atoms with van der Waals surface area (Å²) in [4.78, 5) is 25.8. The van der Waals surface area contributed by atoms with E-state index in [1.165, 1.54) is 10.7 Å². The molecule has 0 bridgehead atoms. The molecular weight excluding hydrogens is 268 g/mol. The van der Waals surface area contributed by atoms with Crippen LogP contribution in [0.3, 0.4) is 0 Å². The fraction of sp³-hybridized carbons (Fsp3) is 0.600. The Morgan fingerprint density at radius 3 is 2.62 bits per heavy atom. The van der Waals surface area contributed by atoms with E-state index in [-0.39, 0.29) is 23.9 Å². The lowest BCUT2D eigenvalue weighted by Gasteiger charge is -2.29. The number of carbonyl (C=O) groups is 1. The first-order valence-electron chi connectivity index (χ1n) is 7.43. The number of nitriles is 1. The molecule has 0 atom stereocenters. The van der Waals surface area contributed by atoms with Crippen LogP contribution in [0.5, 0.6) is 0 Å². The van der Waals surface area contributed by atoms with Crippen molar-refractivity contribution in [2.75, 3.05) is 13.1 Å². The second-order valence-electron chi connectivity index (χ2n) is 5.81. The lowest BCUT2D eigenvalue weighted by atomic mass is 9.99. The summed E-state index contributed by atoms with van der Waals surface area (Å²) >= 11 is 0. The zero-order chi connectivity index (χ0) is 14.8. The van der Waals surface area contributed by atoms with Crippen LogP contribution in [0.2, 0.25) is 0 Å². The predicted molar refractivity (Wildman–Crippen MR) is 75.4 cm³/mol. The van der Waals surface area contributed by atoms with Crippen LogP contribution in [-0.2, 0) is 11.3 Å². The lowest BCUT2D eigenvalue weighted by molar-refractivity contribution is -0.133. The van der Waals surface area contributed by atoms with Gasteiger partial charge in [-0.15, -0.1) is 0 Å². The van der Waals surface area contributed by atoms with Crippen molar-refractivity contribution < 1.29 is 4.79 Å². The third-order valence-electron chi connectivity index (χ3n) is 4.20. The van der Waals surface area contributed by atoms with Gasteiger partial charge in [0.1, 0.15) is 6.54 Å². The highest BCUT2D eigenvalue weighted by Crippen LogP contribution is 2.38. The van der Waals surface area contributed by atoms with Crippen molar-refractivity contribution in [1.82, 2.24) is 14.7 Å². The van der Waals surface area contributed by atoms with Crippen LogP contribution >= 0.6 is 0 Å².